The molecule has 0 nitrogen and oxygen atoms in total. The Morgan fingerprint density at radius 1 is 0.808 bits per heavy atom. The standard InChI is InChI=1S/C26H32/c1-19-5-7-23(8-6-19)9-10-24-11-13-25(14-12-24)15-16-26-17-20(2)22(4)21(3)18-26/h11-14,17-19,23H,5-10H2,1-4H3. The molecule has 0 radical (unpaired) electrons. The van der Waals surface area contributed by atoms with Crippen molar-refractivity contribution in [2.75, 3.05) is 0 Å². The first-order chi connectivity index (χ1) is 12.5. The van der Waals surface area contributed by atoms with Crippen LogP contribution in [0.2, 0.25) is 0 Å². The van der Waals surface area contributed by atoms with Gasteiger partial charge in [0.2, 0.25) is 0 Å². The maximum Gasteiger partial charge on any atom is 0.0254 e. The van der Waals surface area contributed by atoms with Gasteiger partial charge in [-0.2, -0.15) is 0 Å². The largest absolute Gasteiger partial charge is 0.0625 e. The molecule has 0 spiro atoms. The van der Waals surface area contributed by atoms with Crippen molar-refractivity contribution in [3.63, 3.8) is 0 Å². The van der Waals surface area contributed by atoms with Gasteiger partial charge in [-0.25, -0.2) is 0 Å². The second kappa shape index (κ2) is 8.59. The highest BCUT2D eigenvalue weighted by atomic mass is 14.2. The van der Waals surface area contributed by atoms with Crippen LogP contribution in [0.15, 0.2) is 36.4 Å². The summed E-state index contributed by atoms with van der Waals surface area (Å²) in [5.74, 6) is 8.54. The van der Waals surface area contributed by atoms with Crippen LogP contribution in [0.3, 0.4) is 0 Å². The van der Waals surface area contributed by atoms with E-state index in [0.717, 1.165) is 23.0 Å². The Kier molecular flexibility index (Phi) is 6.20. The summed E-state index contributed by atoms with van der Waals surface area (Å²) in [6, 6.07) is 13.3. The van der Waals surface area contributed by atoms with Crippen molar-refractivity contribution >= 4 is 0 Å². The zero-order chi connectivity index (χ0) is 18.5. The lowest BCUT2D eigenvalue weighted by Gasteiger charge is -2.26. The van der Waals surface area contributed by atoms with E-state index < -0.39 is 0 Å². The Balaban J connectivity index is 1.58. The molecule has 26 heavy (non-hydrogen) atoms. The number of hydrogen-bond donors (Lipinski definition) is 0. The molecule has 0 aromatic heterocycles. The molecule has 0 saturated heterocycles. The maximum atomic E-state index is 3.33. The third-order valence-electron chi connectivity index (χ3n) is 6.21. The summed E-state index contributed by atoms with van der Waals surface area (Å²) in [6.45, 7) is 8.90. The fourth-order valence-corrected chi connectivity index (χ4v) is 4.00. The Hall–Kier alpha value is -2.00. The minimum Gasteiger partial charge on any atom is -0.0625 e. The summed E-state index contributed by atoms with van der Waals surface area (Å²) in [6.07, 6.45) is 8.28. The molecular weight excluding hydrogens is 312 g/mol. The van der Waals surface area contributed by atoms with Crippen molar-refractivity contribution < 1.29 is 0 Å². The molecule has 0 N–H and O–H groups in total. The summed E-state index contributed by atoms with van der Waals surface area (Å²) in [7, 11) is 0. The van der Waals surface area contributed by atoms with Crippen molar-refractivity contribution in [1.29, 1.82) is 0 Å². The van der Waals surface area contributed by atoms with E-state index in [9.17, 15) is 0 Å². The van der Waals surface area contributed by atoms with E-state index in [0.29, 0.717) is 0 Å². The number of hydrogen-bond acceptors (Lipinski definition) is 0. The molecule has 1 aliphatic rings. The van der Waals surface area contributed by atoms with Gasteiger partial charge >= 0.3 is 0 Å². The van der Waals surface area contributed by atoms with Crippen molar-refractivity contribution in [2.24, 2.45) is 11.8 Å². The number of benzene rings is 2. The molecule has 0 aliphatic heterocycles. The summed E-state index contributed by atoms with van der Waals surface area (Å²) >= 11 is 0. The first kappa shape index (κ1) is 18.8. The van der Waals surface area contributed by atoms with Crippen LogP contribution >= 0.6 is 0 Å². The highest BCUT2D eigenvalue weighted by Crippen LogP contribution is 2.31. The van der Waals surface area contributed by atoms with Gasteiger partial charge in [-0.05, 0) is 92.0 Å². The van der Waals surface area contributed by atoms with Crippen LogP contribution in [0.25, 0.3) is 0 Å². The molecule has 0 amide bonds. The van der Waals surface area contributed by atoms with Gasteiger partial charge in [0, 0.05) is 11.1 Å². The lowest BCUT2D eigenvalue weighted by Crippen LogP contribution is -2.12. The summed E-state index contributed by atoms with van der Waals surface area (Å²) < 4.78 is 0. The Morgan fingerprint density at radius 2 is 1.38 bits per heavy atom. The molecule has 0 atom stereocenters. The third kappa shape index (κ3) is 5.01. The van der Waals surface area contributed by atoms with Crippen molar-refractivity contribution in [1.82, 2.24) is 0 Å². The molecular formula is C26H32. The molecule has 2 aromatic carbocycles. The minimum atomic E-state index is 0.943. The molecule has 0 bridgehead atoms. The monoisotopic (exact) mass is 344 g/mol. The Labute approximate surface area is 160 Å². The molecule has 1 aliphatic carbocycles. The molecule has 0 unspecified atom stereocenters. The first-order valence-corrected chi connectivity index (χ1v) is 10.2. The Morgan fingerprint density at radius 3 is 2.00 bits per heavy atom. The highest BCUT2D eigenvalue weighted by Gasteiger charge is 2.17. The van der Waals surface area contributed by atoms with Gasteiger partial charge in [-0.15, -0.1) is 0 Å². The number of aryl methyl sites for hydroxylation is 3. The van der Waals surface area contributed by atoms with Crippen LogP contribution < -0.4 is 0 Å². The van der Waals surface area contributed by atoms with Gasteiger partial charge in [0.25, 0.3) is 0 Å². The van der Waals surface area contributed by atoms with Crippen molar-refractivity contribution in [3.8, 4) is 11.8 Å². The van der Waals surface area contributed by atoms with Gasteiger partial charge in [0.1, 0.15) is 0 Å². The zero-order valence-electron chi connectivity index (χ0n) is 16.9. The van der Waals surface area contributed by atoms with Gasteiger partial charge in [0.05, 0.1) is 0 Å². The predicted molar refractivity (Wildman–Crippen MR) is 113 cm³/mol. The normalized spacial score (nSPS) is 19.7. The lowest BCUT2D eigenvalue weighted by atomic mass is 9.80. The van der Waals surface area contributed by atoms with Crippen LogP contribution in [0.4, 0.5) is 0 Å². The van der Waals surface area contributed by atoms with E-state index in [1.807, 2.05) is 0 Å². The molecule has 0 heteroatoms. The molecule has 3 rings (SSSR count). The van der Waals surface area contributed by atoms with E-state index in [2.05, 4.69) is 75.9 Å². The van der Waals surface area contributed by atoms with E-state index in [4.69, 9.17) is 0 Å². The van der Waals surface area contributed by atoms with Gasteiger partial charge in [0.15, 0.2) is 0 Å². The topological polar surface area (TPSA) is 0 Å². The first-order valence-electron chi connectivity index (χ1n) is 10.2. The van der Waals surface area contributed by atoms with E-state index in [1.165, 1.54) is 60.8 Å². The van der Waals surface area contributed by atoms with Crippen LogP contribution in [0.1, 0.15) is 72.4 Å². The number of rotatable bonds is 3. The van der Waals surface area contributed by atoms with Crippen LogP contribution in [0.5, 0.6) is 0 Å². The fraction of sp³-hybridized carbons (Fsp3) is 0.462. The summed E-state index contributed by atoms with van der Waals surface area (Å²) in [5.41, 5.74) is 7.68. The highest BCUT2D eigenvalue weighted by molar-refractivity contribution is 5.48. The summed E-state index contributed by atoms with van der Waals surface area (Å²) in [5, 5.41) is 0. The second-order valence-electron chi connectivity index (χ2n) is 8.35. The third-order valence-corrected chi connectivity index (χ3v) is 6.21. The summed E-state index contributed by atoms with van der Waals surface area (Å²) in [4.78, 5) is 0. The van der Waals surface area contributed by atoms with E-state index >= 15 is 0 Å². The lowest BCUT2D eigenvalue weighted by molar-refractivity contribution is 0.278. The average Bonchev–Trinajstić information content (AvgIpc) is 2.64. The van der Waals surface area contributed by atoms with Gasteiger partial charge in [-0.3, -0.25) is 0 Å². The van der Waals surface area contributed by atoms with Crippen LogP contribution in [-0.4, -0.2) is 0 Å². The SMILES string of the molecule is Cc1cc(C#Cc2ccc(CCC3CCC(C)CC3)cc2)cc(C)c1C. The van der Waals surface area contributed by atoms with Crippen molar-refractivity contribution in [2.45, 2.75) is 66.2 Å². The second-order valence-corrected chi connectivity index (χ2v) is 8.35. The molecule has 136 valence electrons. The molecule has 2 aromatic rings. The quantitative estimate of drug-likeness (QED) is 0.539. The average molecular weight is 345 g/mol. The minimum absolute atomic E-state index is 0.943. The predicted octanol–water partition coefficient (Wildman–Crippen LogP) is 6.77. The fourth-order valence-electron chi connectivity index (χ4n) is 4.00. The van der Waals surface area contributed by atoms with Gasteiger partial charge in [-0.1, -0.05) is 56.6 Å². The van der Waals surface area contributed by atoms with E-state index in [1.54, 1.807) is 0 Å². The molecule has 1 fully saturated rings. The zero-order valence-corrected chi connectivity index (χ0v) is 16.9. The maximum absolute atomic E-state index is 3.33. The Bertz CT molecular complexity index is 767. The van der Waals surface area contributed by atoms with Gasteiger partial charge < -0.3 is 0 Å². The van der Waals surface area contributed by atoms with Crippen LogP contribution in [-0.2, 0) is 6.42 Å². The molecule has 1 saturated carbocycles. The molecule has 0 heterocycles. The van der Waals surface area contributed by atoms with Crippen LogP contribution in [0, 0.1) is 44.4 Å². The van der Waals surface area contributed by atoms with E-state index in [-0.39, 0.29) is 0 Å². The van der Waals surface area contributed by atoms with Crippen molar-refractivity contribution in [3.05, 3.63) is 69.8 Å². The smallest absolute Gasteiger partial charge is 0.0254 e.